The van der Waals surface area contributed by atoms with Gasteiger partial charge >= 0.3 is 6.18 Å². The van der Waals surface area contributed by atoms with Gasteiger partial charge in [0, 0.05) is 6.61 Å². The monoisotopic (exact) mass is 308 g/mol. The molecule has 3 nitrogen and oxygen atoms in total. The highest BCUT2D eigenvalue weighted by atomic mass is 19.4. The van der Waals surface area contributed by atoms with Crippen LogP contribution >= 0.6 is 0 Å². The molecule has 120 valence electrons. The van der Waals surface area contributed by atoms with Crippen molar-refractivity contribution >= 4 is 0 Å². The maximum atomic E-state index is 13.3. The van der Waals surface area contributed by atoms with Crippen molar-refractivity contribution in [3.05, 3.63) is 35.1 Å². The Morgan fingerprint density at radius 2 is 1.90 bits per heavy atom. The molecule has 0 saturated carbocycles. The van der Waals surface area contributed by atoms with Crippen LogP contribution in [0.4, 0.5) is 17.6 Å². The number of rotatable bonds is 6. The minimum Gasteiger partial charge on any atom is -0.376 e. The Labute approximate surface area is 121 Å². The molecule has 0 aromatic heterocycles. The van der Waals surface area contributed by atoms with Crippen LogP contribution in [0, 0.1) is 11.7 Å². The second-order valence-electron chi connectivity index (χ2n) is 5.05. The van der Waals surface area contributed by atoms with E-state index in [-0.39, 0.29) is 11.5 Å². The molecule has 2 atom stereocenters. The molecule has 0 amide bonds. The van der Waals surface area contributed by atoms with Crippen molar-refractivity contribution in [1.29, 1.82) is 0 Å². The molecule has 0 saturated heterocycles. The third kappa shape index (κ3) is 4.39. The van der Waals surface area contributed by atoms with Crippen molar-refractivity contribution in [2.75, 3.05) is 6.61 Å². The molecular weight excluding hydrogens is 288 g/mol. The summed E-state index contributed by atoms with van der Waals surface area (Å²) >= 11 is 0. The third-order valence-electron chi connectivity index (χ3n) is 3.18. The van der Waals surface area contributed by atoms with Crippen LogP contribution in [-0.2, 0) is 10.9 Å². The Bertz CT molecular complexity index is 463. The lowest BCUT2D eigenvalue weighted by Gasteiger charge is -2.30. The predicted molar refractivity (Wildman–Crippen MR) is 71.7 cm³/mol. The number of benzene rings is 1. The number of hydrogen-bond donors (Lipinski definition) is 2. The average Bonchev–Trinajstić information content (AvgIpc) is 2.38. The standard InChI is InChI=1S/C14H20F4N2O/c1-4-21-13(8(2)3)12(20-19)9-5-6-11(15)10(7-9)14(16,17)18/h5-8,12-13,20H,4,19H2,1-3H3. The zero-order valence-electron chi connectivity index (χ0n) is 12.2. The minimum absolute atomic E-state index is 0.0189. The Kier molecular flexibility index (Phi) is 6.12. The predicted octanol–water partition coefficient (Wildman–Crippen LogP) is 3.41. The summed E-state index contributed by atoms with van der Waals surface area (Å²) in [6.45, 7) is 5.93. The van der Waals surface area contributed by atoms with Crippen molar-refractivity contribution in [3.8, 4) is 0 Å². The number of nitrogens with one attached hydrogen (secondary N) is 1. The van der Waals surface area contributed by atoms with Gasteiger partial charge in [0.2, 0.25) is 0 Å². The number of halogens is 4. The maximum absolute atomic E-state index is 13.3. The molecule has 1 aromatic rings. The number of hydrazine groups is 1. The van der Waals surface area contributed by atoms with Crippen LogP contribution in [0.15, 0.2) is 18.2 Å². The van der Waals surface area contributed by atoms with E-state index in [1.807, 2.05) is 13.8 Å². The lowest BCUT2D eigenvalue weighted by Crippen LogP contribution is -2.41. The Hall–Kier alpha value is -1.18. The zero-order valence-corrected chi connectivity index (χ0v) is 12.2. The van der Waals surface area contributed by atoms with Gasteiger partial charge in [0.15, 0.2) is 0 Å². The number of alkyl halides is 3. The highest BCUT2D eigenvalue weighted by Crippen LogP contribution is 2.34. The number of hydrogen-bond acceptors (Lipinski definition) is 3. The molecule has 1 rings (SSSR count). The van der Waals surface area contributed by atoms with E-state index in [2.05, 4.69) is 5.43 Å². The molecule has 2 unspecified atom stereocenters. The van der Waals surface area contributed by atoms with Crippen molar-refractivity contribution in [1.82, 2.24) is 5.43 Å². The van der Waals surface area contributed by atoms with E-state index in [0.29, 0.717) is 6.61 Å². The Morgan fingerprint density at radius 3 is 2.33 bits per heavy atom. The first kappa shape index (κ1) is 17.9. The van der Waals surface area contributed by atoms with Crippen LogP contribution < -0.4 is 11.3 Å². The third-order valence-corrected chi connectivity index (χ3v) is 3.18. The van der Waals surface area contributed by atoms with E-state index in [1.165, 1.54) is 6.07 Å². The van der Waals surface area contributed by atoms with Gasteiger partial charge in [-0.3, -0.25) is 11.3 Å². The number of nitrogens with two attached hydrogens (primary N) is 1. The minimum atomic E-state index is -4.75. The van der Waals surface area contributed by atoms with Gasteiger partial charge in [-0.25, -0.2) is 4.39 Å². The summed E-state index contributed by atoms with van der Waals surface area (Å²) in [5.74, 6) is 4.18. The van der Waals surface area contributed by atoms with Gasteiger partial charge < -0.3 is 4.74 Å². The molecule has 0 heterocycles. The molecule has 0 radical (unpaired) electrons. The lowest BCUT2D eigenvalue weighted by molar-refractivity contribution is -0.140. The van der Waals surface area contributed by atoms with Crippen LogP contribution in [-0.4, -0.2) is 12.7 Å². The summed E-state index contributed by atoms with van der Waals surface area (Å²) in [6.07, 6.45) is -5.18. The molecule has 0 spiro atoms. The van der Waals surface area contributed by atoms with Crippen LogP contribution in [0.25, 0.3) is 0 Å². The van der Waals surface area contributed by atoms with Gasteiger partial charge in [-0.2, -0.15) is 13.2 Å². The largest absolute Gasteiger partial charge is 0.419 e. The van der Waals surface area contributed by atoms with E-state index >= 15 is 0 Å². The molecule has 0 aliphatic rings. The Morgan fingerprint density at radius 1 is 1.29 bits per heavy atom. The molecule has 0 aliphatic carbocycles. The zero-order chi connectivity index (χ0) is 16.2. The first-order chi connectivity index (χ1) is 9.72. The quantitative estimate of drug-likeness (QED) is 0.481. The first-order valence-electron chi connectivity index (χ1n) is 6.66. The molecule has 3 N–H and O–H groups in total. The summed E-state index contributed by atoms with van der Waals surface area (Å²) in [5, 5.41) is 0. The normalized spacial score (nSPS) is 15.3. The van der Waals surface area contributed by atoms with Crippen molar-refractivity contribution < 1.29 is 22.3 Å². The fraction of sp³-hybridized carbons (Fsp3) is 0.571. The fourth-order valence-electron chi connectivity index (χ4n) is 2.20. The van der Waals surface area contributed by atoms with Gasteiger partial charge in [-0.15, -0.1) is 0 Å². The number of ether oxygens (including phenoxy) is 1. The van der Waals surface area contributed by atoms with Crippen molar-refractivity contribution in [3.63, 3.8) is 0 Å². The van der Waals surface area contributed by atoms with Crippen molar-refractivity contribution in [2.45, 2.75) is 39.1 Å². The van der Waals surface area contributed by atoms with Crippen LogP contribution in [0.5, 0.6) is 0 Å². The molecule has 0 aliphatic heterocycles. The van der Waals surface area contributed by atoms with Crippen LogP contribution in [0.3, 0.4) is 0 Å². The van der Waals surface area contributed by atoms with Gasteiger partial charge in [-0.05, 0) is 30.5 Å². The second kappa shape index (κ2) is 7.20. The van der Waals surface area contributed by atoms with E-state index < -0.39 is 29.7 Å². The first-order valence-corrected chi connectivity index (χ1v) is 6.66. The van der Waals surface area contributed by atoms with E-state index in [0.717, 1.165) is 12.1 Å². The van der Waals surface area contributed by atoms with Gasteiger partial charge in [0.1, 0.15) is 5.82 Å². The van der Waals surface area contributed by atoms with E-state index in [1.54, 1.807) is 6.92 Å². The van der Waals surface area contributed by atoms with Gasteiger partial charge in [0.05, 0.1) is 17.7 Å². The highest BCUT2D eigenvalue weighted by molar-refractivity contribution is 5.30. The summed E-state index contributed by atoms with van der Waals surface area (Å²) in [5.41, 5.74) is 1.40. The summed E-state index contributed by atoms with van der Waals surface area (Å²) in [6, 6.07) is 2.19. The average molecular weight is 308 g/mol. The molecule has 7 heteroatoms. The van der Waals surface area contributed by atoms with Gasteiger partial charge in [0.25, 0.3) is 0 Å². The smallest absolute Gasteiger partial charge is 0.376 e. The van der Waals surface area contributed by atoms with Crippen LogP contribution in [0.1, 0.15) is 37.9 Å². The SMILES string of the molecule is CCOC(C(C)C)C(NN)c1ccc(F)c(C(F)(F)F)c1. The molecule has 1 aromatic carbocycles. The summed E-state index contributed by atoms with van der Waals surface area (Å²) < 4.78 is 57.2. The molecule has 0 bridgehead atoms. The Balaban J connectivity index is 3.22. The van der Waals surface area contributed by atoms with Crippen molar-refractivity contribution in [2.24, 2.45) is 11.8 Å². The molecular formula is C14H20F4N2O. The van der Waals surface area contributed by atoms with E-state index in [4.69, 9.17) is 10.6 Å². The topological polar surface area (TPSA) is 47.3 Å². The molecule has 0 fully saturated rings. The summed E-state index contributed by atoms with van der Waals surface area (Å²) in [4.78, 5) is 0. The highest BCUT2D eigenvalue weighted by Gasteiger charge is 2.35. The second-order valence-corrected chi connectivity index (χ2v) is 5.05. The maximum Gasteiger partial charge on any atom is 0.419 e. The van der Waals surface area contributed by atoms with Gasteiger partial charge in [-0.1, -0.05) is 19.9 Å². The molecule has 21 heavy (non-hydrogen) atoms. The summed E-state index contributed by atoms with van der Waals surface area (Å²) in [7, 11) is 0. The van der Waals surface area contributed by atoms with E-state index in [9.17, 15) is 17.6 Å². The lowest BCUT2D eigenvalue weighted by atomic mass is 9.92. The fourth-order valence-corrected chi connectivity index (χ4v) is 2.20. The van der Waals surface area contributed by atoms with Crippen LogP contribution in [0.2, 0.25) is 0 Å².